The van der Waals surface area contributed by atoms with Crippen molar-refractivity contribution in [3.05, 3.63) is 30.4 Å². The average Bonchev–Trinajstić information content (AvgIpc) is 2.58. The average molecular weight is 176 g/mol. The molecule has 66 valence electrons. The maximum absolute atomic E-state index is 4.57. The summed E-state index contributed by atoms with van der Waals surface area (Å²) in [5, 5.41) is 3.65. The summed E-state index contributed by atoms with van der Waals surface area (Å²) in [6.45, 7) is 0. The van der Waals surface area contributed by atoms with Crippen molar-refractivity contribution in [2.24, 2.45) is 5.16 Å². The van der Waals surface area contributed by atoms with Gasteiger partial charge in [-0.2, -0.15) is 0 Å². The standard InChI is InChI=1S/C8H8N4O/c1-13-11-6-7-5-10-8-9-3-2-4-12(7)8/h2-6H,1H3/b11-6+. The fraction of sp³-hybridized carbons (Fsp3) is 0.125. The molecule has 0 aliphatic rings. The number of nitrogens with zero attached hydrogens (tertiary/aromatic N) is 4. The van der Waals surface area contributed by atoms with Gasteiger partial charge in [0.2, 0.25) is 5.78 Å². The summed E-state index contributed by atoms with van der Waals surface area (Å²) in [6.07, 6.45) is 6.83. The summed E-state index contributed by atoms with van der Waals surface area (Å²) in [4.78, 5) is 12.7. The first-order chi connectivity index (χ1) is 6.42. The highest BCUT2D eigenvalue weighted by atomic mass is 16.6. The molecule has 0 bridgehead atoms. The van der Waals surface area contributed by atoms with Crippen LogP contribution in [-0.2, 0) is 4.84 Å². The predicted molar refractivity (Wildman–Crippen MR) is 47.6 cm³/mol. The molecule has 5 heteroatoms. The molecule has 0 N–H and O–H groups in total. The molecule has 0 amide bonds. The lowest BCUT2D eigenvalue weighted by Gasteiger charge is -1.92. The Labute approximate surface area is 74.7 Å². The number of imidazole rings is 1. The van der Waals surface area contributed by atoms with Gasteiger partial charge in [0, 0.05) is 12.4 Å². The first-order valence-corrected chi connectivity index (χ1v) is 3.76. The maximum atomic E-state index is 4.57. The van der Waals surface area contributed by atoms with Crippen LogP contribution >= 0.6 is 0 Å². The normalized spacial score (nSPS) is 11.2. The maximum Gasteiger partial charge on any atom is 0.234 e. The molecule has 0 aliphatic carbocycles. The van der Waals surface area contributed by atoms with Gasteiger partial charge in [0.15, 0.2) is 0 Å². The zero-order valence-electron chi connectivity index (χ0n) is 7.08. The smallest absolute Gasteiger partial charge is 0.234 e. The van der Waals surface area contributed by atoms with Crippen LogP contribution in [0.25, 0.3) is 5.78 Å². The first kappa shape index (κ1) is 7.72. The van der Waals surface area contributed by atoms with Gasteiger partial charge < -0.3 is 4.84 Å². The summed E-state index contributed by atoms with van der Waals surface area (Å²) in [6, 6.07) is 1.83. The summed E-state index contributed by atoms with van der Waals surface area (Å²) in [7, 11) is 1.50. The van der Waals surface area contributed by atoms with Crippen LogP contribution in [0.1, 0.15) is 5.69 Å². The van der Waals surface area contributed by atoms with Gasteiger partial charge in [-0.25, -0.2) is 9.97 Å². The number of hydrogen-bond acceptors (Lipinski definition) is 4. The molecule has 0 saturated heterocycles. The van der Waals surface area contributed by atoms with Crippen molar-refractivity contribution in [2.45, 2.75) is 0 Å². The van der Waals surface area contributed by atoms with E-state index in [4.69, 9.17) is 0 Å². The Kier molecular flexibility index (Phi) is 1.91. The molecule has 0 saturated carbocycles. The summed E-state index contributed by atoms with van der Waals surface area (Å²) >= 11 is 0. The number of hydrogen-bond donors (Lipinski definition) is 0. The SMILES string of the molecule is CO/N=C/c1cnc2ncccn12. The fourth-order valence-electron chi connectivity index (χ4n) is 1.05. The Morgan fingerprint density at radius 1 is 1.54 bits per heavy atom. The number of oxime groups is 1. The molecule has 0 spiro atoms. The van der Waals surface area contributed by atoms with Gasteiger partial charge in [0.05, 0.1) is 18.1 Å². The van der Waals surface area contributed by atoms with Gasteiger partial charge >= 0.3 is 0 Å². The second-order valence-electron chi connectivity index (χ2n) is 2.39. The van der Waals surface area contributed by atoms with E-state index in [0.29, 0.717) is 5.78 Å². The lowest BCUT2D eigenvalue weighted by atomic mass is 10.5. The molecular formula is C8H8N4O. The second kappa shape index (κ2) is 3.22. The van der Waals surface area contributed by atoms with E-state index in [2.05, 4.69) is 20.0 Å². The quantitative estimate of drug-likeness (QED) is 0.500. The van der Waals surface area contributed by atoms with Gasteiger partial charge in [-0.1, -0.05) is 5.16 Å². The Balaban J connectivity index is 2.52. The van der Waals surface area contributed by atoms with Gasteiger partial charge in [-0.05, 0) is 6.07 Å². The highest BCUT2D eigenvalue weighted by molar-refractivity contribution is 5.77. The van der Waals surface area contributed by atoms with Crippen LogP contribution in [0.5, 0.6) is 0 Å². The fourth-order valence-corrected chi connectivity index (χ4v) is 1.05. The summed E-state index contributed by atoms with van der Waals surface area (Å²) < 4.78 is 1.82. The van der Waals surface area contributed by atoms with Crippen molar-refractivity contribution in [1.29, 1.82) is 0 Å². The third-order valence-corrected chi connectivity index (χ3v) is 1.61. The summed E-state index contributed by atoms with van der Waals surface area (Å²) in [5.41, 5.74) is 0.838. The van der Waals surface area contributed by atoms with Crippen molar-refractivity contribution in [2.75, 3.05) is 7.11 Å². The van der Waals surface area contributed by atoms with E-state index in [1.54, 1.807) is 18.6 Å². The Hall–Kier alpha value is -1.91. The predicted octanol–water partition coefficient (Wildman–Crippen LogP) is 0.710. The molecule has 5 nitrogen and oxygen atoms in total. The van der Waals surface area contributed by atoms with Crippen LogP contribution in [0.3, 0.4) is 0 Å². The Morgan fingerprint density at radius 2 is 2.46 bits per heavy atom. The number of rotatable bonds is 2. The molecule has 0 atom stereocenters. The Bertz CT molecular complexity index is 434. The minimum absolute atomic E-state index is 0.653. The molecule has 2 aromatic heterocycles. The molecule has 0 unspecified atom stereocenters. The van der Waals surface area contributed by atoms with E-state index in [9.17, 15) is 0 Å². The molecule has 2 aromatic rings. The highest BCUT2D eigenvalue weighted by Gasteiger charge is 1.99. The topological polar surface area (TPSA) is 51.8 Å². The first-order valence-electron chi connectivity index (χ1n) is 3.76. The third kappa shape index (κ3) is 1.35. The van der Waals surface area contributed by atoms with E-state index >= 15 is 0 Å². The van der Waals surface area contributed by atoms with Gasteiger partial charge in [-0.15, -0.1) is 0 Å². The van der Waals surface area contributed by atoms with Crippen LogP contribution in [0.15, 0.2) is 29.8 Å². The number of aromatic nitrogens is 3. The van der Waals surface area contributed by atoms with Crippen LogP contribution in [0.2, 0.25) is 0 Å². The summed E-state index contributed by atoms with van der Waals surface area (Å²) in [5.74, 6) is 0.653. The van der Waals surface area contributed by atoms with Crippen molar-refractivity contribution in [3.63, 3.8) is 0 Å². The monoisotopic (exact) mass is 176 g/mol. The molecular weight excluding hydrogens is 168 g/mol. The van der Waals surface area contributed by atoms with Crippen LogP contribution in [-0.4, -0.2) is 27.7 Å². The molecule has 2 rings (SSSR count). The van der Waals surface area contributed by atoms with Crippen LogP contribution in [0, 0.1) is 0 Å². The molecule has 0 aromatic carbocycles. The van der Waals surface area contributed by atoms with Crippen LogP contribution < -0.4 is 0 Å². The second-order valence-corrected chi connectivity index (χ2v) is 2.39. The molecule has 0 aliphatic heterocycles. The van der Waals surface area contributed by atoms with Crippen molar-refractivity contribution < 1.29 is 4.84 Å². The molecule has 2 heterocycles. The van der Waals surface area contributed by atoms with E-state index in [1.165, 1.54) is 7.11 Å². The zero-order chi connectivity index (χ0) is 9.10. The molecule has 0 radical (unpaired) electrons. The lowest BCUT2D eigenvalue weighted by Crippen LogP contribution is -1.91. The minimum atomic E-state index is 0.653. The van der Waals surface area contributed by atoms with Gasteiger partial charge in [0.1, 0.15) is 7.11 Å². The lowest BCUT2D eigenvalue weighted by molar-refractivity contribution is 0.215. The van der Waals surface area contributed by atoms with Crippen molar-refractivity contribution in [1.82, 2.24) is 14.4 Å². The third-order valence-electron chi connectivity index (χ3n) is 1.61. The zero-order valence-corrected chi connectivity index (χ0v) is 7.08. The molecule has 13 heavy (non-hydrogen) atoms. The van der Waals surface area contributed by atoms with Crippen LogP contribution in [0.4, 0.5) is 0 Å². The van der Waals surface area contributed by atoms with Gasteiger partial charge in [-0.3, -0.25) is 4.40 Å². The molecule has 0 fully saturated rings. The minimum Gasteiger partial charge on any atom is -0.399 e. The highest BCUT2D eigenvalue weighted by Crippen LogP contribution is 2.00. The van der Waals surface area contributed by atoms with E-state index < -0.39 is 0 Å². The number of fused-ring (bicyclic) bond motifs is 1. The Morgan fingerprint density at radius 3 is 3.31 bits per heavy atom. The van der Waals surface area contributed by atoms with Gasteiger partial charge in [0.25, 0.3) is 0 Å². The van der Waals surface area contributed by atoms with Crippen molar-refractivity contribution in [3.8, 4) is 0 Å². The van der Waals surface area contributed by atoms with E-state index in [0.717, 1.165) is 5.69 Å². The van der Waals surface area contributed by atoms with E-state index in [1.807, 2.05) is 16.7 Å². The van der Waals surface area contributed by atoms with Crippen molar-refractivity contribution >= 4 is 12.0 Å². The largest absolute Gasteiger partial charge is 0.399 e. The van der Waals surface area contributed by atoms with E-state index in [-0.39, 0.29) is 0 Å².